The first kappa shape index (κ1) is 22.0. The molecule has 154 valence electrons. The van der Waals surface area contributed by atoms with Crippen molar-refractivity contribution in [2.75, 3.05) is 6.61 Å². The molecular weight excluding hydrogens is 447 g/mol. The van der Waals surface area contributed by atoms with Crippen molar-refractivity contribution in [1.82, 2.24) is 5.43 Å². The van der Waals surface area contributed by atoms with E-state index in [1.54, 1.807) is 12.1 Å². The molecule has 30 heavy (non-hydrogen) atoms. The number of hydrazone groups is 1. The molecule has 0 saturated heterocycles. The first-order valence-electron chi connectivity index (χ1n) is 8.87. The third kappa shape index (κ3) is 6.95. The molecule has 3 rings (SSSR count). The van der Waals surface area contributed by atoms with Crippen LogP contribution in [0.3, 0.4) is 0 Å². The summed E-state index contributed by atoms with van der Waals surface area (Å²) in [6, 6.07) is 19.5. The van der Waals surface area contributed by atoms with Crippen LogP contribution in [0.25, 0.3) is 0 Å². The van der Waals surface area contributed by atoms with Gasteiger partial charge < -0.3 is 9.47 Å². The second-order valence-corrected chi connectivity index (χ2v) is 7.42. The molecule has 0 aliphatic carbocycles. The molecule has 0 heterocycles. The highest BCUT2D eigenvalue weighted by atomic mass is 35.5. The molecule has 3 aromatic carbocycles. The highest BCUT2D eigenvalue weighted by Crippen LogP contribution is 2.27. The topological polar surface area (TPSA) is 59.9 Å². The van der Waals surface area contributed by atoms with E-state index in [1.165, 1.54) is 12.3 Å². The number of benzene rings is 3. The Hall–Kier alpha value is -2.73. The summed E-state index contributed by atoms with van der Waals surface area (Å²) in [4.78, 5) is 11.8. The fourth-order valence-electron chi connectivity index (χ4n) is 2.34. The van der Waals surface area contributed by atoms with Crippen LogP contribution in [0.1, 0.15) is 11.1 Å². The predicted molar refractivity (Wildman–Crippen MR) is 120 cm³/mol. The first-order valence-corrected chi connectivity index (χ1v) is 10.00. The number of hydrogen-bond acceptors (Lipinski definition) is 4. The molecule has 0 fully saturated rings. The average molecular weight is 464 g/mol. The van der Waals surface area contributed by atoms with E-state index in [-0.39, 0.29) is 6.61 Å². The van der Waals surface area contributed by atoms with Crippen LogP contribution in [0.15, 0.2) is 71.8 Å². The normalized spacial score (nSPS) is 10.8. The maximum Gasteiger partial charge on any atom is 0.277 e. The van der Waals surface area contributed by atoms with Gasteiger partial charge in [0.25, 0.3) is 5.91 Å². The van der Waals surface area contributed by atoms with Gasteiger partial charge >= 0.3 is 0 Å². The number of hydrogen-bond donors (Lipinski definition) is 1. The van der Waals surface area contributed by atoms with Gasteiger partial charge in [-0.2, -0.15) is 5.10 Å². The Morgan fingerprint density at radius 1 is 0.900 bits per heavy atom. The zero-order valence-corrected chi connectivity index (χ0v) is 17.9. The van der Waals surface area contributed by atoms with Crippen LogP contribution in [0, 0.1) is 0 Å². The summed E-state index contributed by atoms with van der Waals surface area (Å²) >= 11 is 17.7. The van der Waals surface area contributed by atoms with Crippen molar-refractivity contribution >= 4 is 46.9 Å². The van der Waals surface area contributed by atoms with Crippen LogP contribution in [0.4, 0.5) is 0 Å². The van der Waals surface area contributed by atoms with Gasteiger partial charge in [0.15, 0.2) is 6.61 Å². The third-order valence-corrected chi connectivity index (χ3v) is 4.64. The molecule has 1 amide bonds. The highest BCUT2D eigenvalue weighted by Gasteiger charge is 2.05. The number of carbonyl (C=O) groups excluding carboxylic acids is 1. The highest BCUT2D eigenvalue weighted by molar-refractivity contribution is 6.35. The molecule has 0 saturated carbocycles. The van der Waals surface area contributed by atoms with Gasteiger partial charge in [-0.3, -0.25) is 4.79 Å². The molecule has 1 N–H and O–H groups in total. The van der Waals surface area contributed by atoms with E-state index < -0.39 is 5.91 Å². The Bertz CT molecular complexity index is 1020. The van der Waals surface area contributed by atoms with Gasteiger partial charge in [-0.15, -0.1) is 0 Å². The Balaban J connectivity index is 1.43. The van der Waals surface area contributed by atoms with Crippen LogP contribution in [-0.4, -0.2) is 18.7 Å². The lowest BCUT2D eigenvalue weighted by molar-refractivity contribution is -0.123. The van der Waals surface area contributed by atoms with Crippen molar-refractivity contribution in [3.63, 3.8) is 0 Å². The number of nitrogens with one attached hydrogen (secondary N) is 1. The Morgan fingerprint density at radius 2 is 1.60 bits per heavy atom. The van der Waals surface area contributed by atoms with Crippen molar-refractivity contribution in [3.8, 4) is 11.5 Å². The minimum atomic E-state index is -0.416. The van der Waals surface area contributed by atoms with Crippen molar-refractivity contribution in [1.29, 1.82) is 0 Å². The van der Waals surface area contributed by atoms with Crippen LogP contribution >= 0.6 is 34.8 Å². The van der Waals surface area contributed by atoms with Crippen LogP contribution < -0.4 is 14.9 Å². The zero-order chi connectivity index (χ0) is 21.3. The van der Waals surface area contributed by atoms with Crippen molar-refractivity contribution in [2.45, 2.75) is 6.61 Å². The lowest BCUT2D eigenvalue weighted by atomic mass is 10.2. The summed E-state index contributed by atoms with van der Waals surface area (Å²) < 4.78 is 11.1. The van der Waals surface area contributed by atoms with Crippen molar-refractivity contribution in [3.05, 3.63) is 92.9 Å². The molecule has 0 bridgehead atoms. The second-order valence-electron chi connectivity index (χ2n) is 6.14. The molecule has 0 spiro atoms. The summed E-state index contributed by atoms with van der Waals surface area (Å²) in [5, 5.41) is 5.42. The fraction of sp³-hybridized carbons (Fsp3) is 0.0909. The number of amides is 1. The second kappa shape index (κ2) is 10.9. The van der Waals surface area contributed by atoms with Gasteiger partial charge in [0.2, 0.25) is 0 Å². The summed E-state index contributed by atoms with van der Waals surface area (Å²) in [5.74, 6) is 0.675. The van der Waals surface area contributed by atoms with Crippen molar-refractivity contribution < 1.29 is 14.3 Å². The standard InChI is InChI=1S/C22H17Cl3N2O3/c23-17-5-1-16(2-6-17)13-29-19-8-3-15(4-9-19)12-26-27-22(28)14-30-21-10-7-18(24)11-20(21)25/h1-12H,13-14H2,(H,27,28)/b26-12+. The molecule has 0 unspecified atom stereocenters. The largest absolute Gasteiger partial charge is 0.489 e. The smallest absolute Gasteiger partial charge is 0.277 e. The van der Waals surface area contributed by atoms with E-state index in [1.807, 2.05) is 48.5 Å². The molecule has 0 aromatic heterocycles. The minimum Gasteiger partial charge on any atom is -0.489 e. The summed E-state index contributed by atoms with van der Waals surface area (Å²) in [6.45, 7) is 0.217. The molecule has 5 nitrogen and oxygen atoms in total. The lowest BCUT2D eigenvalue weighted by Crippen LogP contribution is -2.24. The van der Waals surface area contributed by atoms with E-state index in [2.05, 4.69) is 10.5 Å². The van der Waals surface area contributed by atoms with Crippen LogP contribution in [0.2, 0.25) is 15.1 Å². The average Bonchev–Trinajstić information content (AvgIpc) is 2.74. The van der Waals surface area contributed by atoms with E-state index in [4.69, 9.17) is 44.3 Å². The van der Waals surface area contributed by atoms with Gasteiger partial charge in [0.1, 0.15) is 18.1 Å². The predicted octanol–water partition coefficient (Wildman–Crippen LogP) is 5.75. The lowest BCUT2D eigenvalue weighted by Gasteiger charge is -2.07. The molecule has 0 aliphatic heterocycles. The monoisotopic (exact) mass is 462 g/mol. The SMILES string of the molecule is O=C(COc1ccc(Cl)cc1Cl)N/N=C/c1ccc(OCc2ccc(Cl)cc2)cc1. The molecule has 8 heteroatoms. The maximum absolute atomic E-state index is 11.8. The van der Waals surface area contributed by atoms with Gasteiger partial charge in [-0.25, -0.2) is 5.43 Å². The Kier molecular flexibility index (Phi) is 7.97. The molecule has 0 aliphatic rings. The van der Waals surface area contributed by atoms with Crippen LogP contribution in [-0.2, 0) is 11.4 Å². The minimum absolute atomic E-state index is 0.226. The molecule has 0 radical (unpaired) electrons. The van der Waals surface area contributed by atoms with Gasteiger partial charge in [-0.1, -0.05) is 46.9 Å². The summed E-state index contributed by atoms with van der Waals surface area (Å²) in [5.41, 5.74) is 4.22. The summed E-state index contributed by atoms with van der Waals surface area (Å²) in [6.07, 6.45) is 1.52. The van der Waals surface area contributed by atoms with E-state index >= 15 is 0 Å². The third-order valence-electron chi connectivity index (χ3n) is 3.85. The van der Waals surface area contributed by atoms with Gasteiger partial charge in [-0.05, 0) is 65.7 Å². The maximum atomic E-state index is 11.8. The number of rotatable bonds is 8. The van der Waals surface area contributed by atoms with E-state index in [0.717, 1.165) is 16.9 Å². The first-order chi connectivity index (χ1) is 14.5. The quantitative estimate of drug-likeness (QED) is 0.341. The Labute approximate surface area is 189 Å². The summed E-state index contributed by atoms with van der Waals surface area (Å²) in [7, 11) is 0. The van der Waals surface area contributed by atoms with E-state index in [0.29, 0.717) is 27.4 Å². The molecular formula is C22H17Cl3N2O3. The van der Waals surface area contributed by atoms with Gasteiger partial charge in [0, 0.05) is 10.0 Å². The number of halogens is 3. The van der Waals surface area contributed by atoms with Crippen LogP contribution in [0.5, 0.6) is 11.5 Å². The van der Waals surface area contributed by atoms with E-state index in [9.17, 15) is 4.79 Å². The number of carbonyl (C=O) groups is 1. The zero-order valence-electron chi connectivity index (χ0n) is 15.6. The Morgan fingerprint density at radius 3 is 2.30 bits per heavy atom. The van der Waals surface area contributed by atoms with Crippen molar-refractivity contribution in [2.24, 2.45) is 5.10 Å². The molecule has 0 atom stereocenters. The fourth-order valence-corrected chi connectivity index (χ4v) is 2.93. The van der Waals surface area contributed by atoms with Gasteiger partial charge in [0.05, 0.1) is 11.2 Å². The number of ether oxygens (including phenoxy) is 2. The molecule has 3 aromatic rings. The number of nitrogens with zero attached hydrogens (tertiary/aromatic N) is 1.